The van der Waals surface area contributed by atoms with Crippen LogP contribution in [0.5, 0.6) is 5.75 Å². The Morgan fingerprint density at radius 3 is 3.00 bits per heavy atom. The van der Waals surface area contributed by atoms with Crippen LogP contribution in [0, 0.1) is 3.83 Å². The Morgan fingerprint density at radius 2 is 2.31 bits per heavy atom. The number of aromatic amines is 1. The molecule has 0 unspecified atom stereocenters. The van der Waals surface area contributed by atoms with E-state index in [9.17, 15) is 0 Å². The molecule has 13 heavy (non-hydrogen) atoms. The molecule has 0 aliphatic rings. The second kappa shape index (κ2) is 3.34. The van der Waals surface area contributed by atoms with Crippen LogP contribution in [-0.2, 0) is 0 Å². The van der Waals surface area contributed by atoms with E-state index in [1.165, 1.54) is 0 Å². The van der Waals surface area contributed by atoms with Crippen molar-refractivity contribution in [1.82, 2.24) is 9.97 Å². The highest BCUT2D eigenvalue weighted by molar-refractivity contribution is 14.1. The van der Waals surface area contributed by atoms with E-state index in [-0.39, 0.29) is 0 Å². The minimum absolute atomic E-state index is 0.632. The fourth-order valence-electron chi connectivity index (χ4n) is 1.18. The van der Waals surface area contributed by atoms with E-state index >= 15 is 0 Å². The van der Waals surface area contributed by atoms with Crippen LogP contribution in [0.25, 0.3) is 11.0 Å². The van der Waals surface area contributed by atoms with Gasteiger partial charge in [-0.1, -0.05) is 11.6 Å². The zero-order valence-corrected chi connectivity index (χ0v) is 9.68. The number of hydrogen-bond donors (Lipinski definition) is 1. The first kappa shape index (κ1) is 9.08. The Balaban J connectivity index is 2.80. The Kier molecular flexibility index (Phi) is 2.33. The lowest BCUT2D eigenvalue weighted by molar-refractivity contribution is 0.419. The Morgan fingerprint density at radius 1 is 1.54 bits per heavy atom. The smallest absolute Gasteiger partial charge is 0.169 e. The van der Waals surface area contributed by atoms with Crippen LogP contribution >= 0.6 is 34.2 Å². The summed E-state index contributed by atoms with van der Waals surface area (Å²) in [6.45, 7) is 0. The monoisotopic (exact) mass is 308 g/mol. The van der Waals surface area contributed by atoms with Gasteiger partial charge >= 0.3 is 0 Å². The third-order valence-corrected chi connectivity index (χ3v) is 2.44. The number of nitrogens with one attached hydrogen (secondary N) is 1. The Labute approximate surface area is 93.6 Å². The van der Waals surface area contributed by atoms with Gasteiger partial charge in [0.15, 0.2) is 3.83 Å². The number of halogens is 2. The number of benzene rings is 1. The van der Waals surface area contributed by atoms with Crippen molar-refractivity contribution in [3.8, 4) is 5.75 Å². The highest BCUT2D eigenvalue weighted by Crippen LogP contribution is 2.28. The minimum Gasteiger partial charge on any atom is -0.494 e. The Hall–Kier alpha value is -0.490. The molecule has 5 heteroatoms. The number of ether oxygens (including phenoxy) is 1. The van der Waals surface area contributed by atoms with Gasteiger partial charge in [-0.15, -0.1) is 0 Å². The van der Waals surface area contributed by atoms with E-state index in [4.69, 9.17) is 16.3 Å². The van der Waals surface area contributed by atoms with Crippen molar-refractivity contribution < 1.29 is 4.74 Å². The molecule has 0 bridgehead atoms. The van der Waals surface area contributed by atoms with Crippen molar-refractivity contribution in [2.75, 3.05) is 7.11 Å². The first-order valence-corrected chi connectivity index (χ1v) is 5.05. The average Bonchev–Trinajstić information content (AvgIpc) is 2.43. The van der Waals surface area contributed by atoms with Gasteiger partial charge in [0.25, 0.3) is 0 Å². The molecule has 0 spiro atoms. The highest BCUT2D eigenvalue weighted by Gasteiger charge is 2.07. The number of methoxy groups -OCH3 is 1. The van der Waals surface area contributed by atoms with Gasteiger partial charge in [-0.25, -0.2) is 4.98 Å². The van der Waals surface area contributed by atoms with Crippen LogP contribution in [0.3, 0.4) is 0 Å². The normalized spacial score (nSPS) is 10.7. The second-order valence-electron chi connectivity index (χ2n) is 2.53. The van der Waals surface area contributed by atoms with E-state index in [1.807, 2.05) is 0 Å². The maximum Gasteiger partial charge on any atom is 0.169 e. The summed E-state index contributed by atoms with van der Waals surface area (Å²) < 4.78 is 5.99. The molecule has 1 N–H and O–H groups in total. The van der Waals surface area contributed by atoms with Gasteiger partial charge in [0.2, 0.25) is 0 Å². The molecule has 3 nitrogen and oxygen atoms in total. The molecule has 2 aromatic rings. The van der Waals surface area contributed by atoms with E-state index in [0.29, 0.717) is 5.02 Å². The predicted octanol–water partition coefficient (Wildman–Crippen LogP) is 2.83. The maximum absolute atomic E-state index is 5.88. The lowest BCUT2D eigenvalue weighted by Gasteiger charge is -2.00. The van der Waals surface area contributed by atoms with E-state index in [1.54, 1.807) is 19.2 Å². The molecular formula is C8H6ClIN2O. The van der Waals surface area contributed by atoms with Gasteiger partial charge in [-0.3, -0.25) is 0 Å². The minimum atomic E-state index is 0.632. The molecule has 0 fully saturated rings. The van der Waals surface area contributed by atoms with Crippen molar-refractivity contribution in [1.29, 1.82) is 0 Å². The number of H-pyrrole nitrogens is 1. The van der Waals surface area contributed by atoms with Gasteiger partial charge in [0, 0.05) is 11.1 Å². The van der Waals surface area contributed by atoms with Crippen molar-refractivity contribution in [2.24, 2.45) is 0 Å². The van der Waals surface area contributed by atoms with E-state index in [2.05, 4.69) is 32.6 Å². The zero-order valence-electron chi connectivity index (χ0n) is 6.77. The van der Waals surface area contributed by atoms with Crippen molar-refractivity contribution >= 4 is 45.2 Å². The number of hydrogen-bond acceptors (Lipinski definition) is 2. The molecular weight excluding hydrogens is 302 g/mol. The van der Waals surface area contributed by atoms with Gasteiger partial charge in [-0.2, -0.15) is 0 Å². The number of imidazole rings is 1. The molecule has 0 amide bonds. The molecule has 0 saturated heterocycles. The predicted molar refractivity (Wildman–Crippen MR) is 60.4 cm³/mol. The summed E-state index contributed by atoms with van der Waals surface area (Å²) in [4.78, 5) is 7.35. The average molecular weight is 309 g/mol. The van der Waals surface area contributed by atoms with Crippen LogP contribution < -0.4 is 4.74 Å². The molecule has 0 aliphatic carbocycles. The lowest BCUT2D eigenvalue weighted by Crippen LogP contribution is -1.84. The quantitative estimate of drug-likeness (QED) is 0.823. The van der Waals surface area contributed by atoms with E-state index in [0.717, 1.165) is 20.6 Å². The number of nitrogens with zero attached hydrogens (tertiary/aromatic N) is 1. The first-order chi connectivity index (χ1) is 6.20. The summed E-state index contributed by atoms with van der Waals surface area (Å²) in [6.07, 6.45) is 0. The molecule has 0 saturated carbocycles. The molecule has 0 aliphatic heterocycles. The highest BCUT2D eigenvalue weighted by atomic mass is 127. The Bertz CT molecular complexity index is 455. The summed E-state index contributed by atoms with van der Waals surface area (Å²) in [5.74, 6) is 0.720. The summed E-state index contributed by atoms with van der Waals surface area (Å²) in [7, 11) is 1.61. The standard InChI is InChI=1S/C8H6ClIN2O/c1-13-6-3-4(9)2-5-7(6)12-8(10)11-5/h2-3H,1H3,(H,11,12). The maximum atomic E-state index is 5.88. The number of fused-ring (bicyclic) bond motifs is 1. The lowest BCUT2D eigenvalue weighted by atomic mass is 10.3. The second-order valence-corrected chi connectivity index (χ2v) is 3.99. The van der Waals surface area contributed by atoms with Gasteiger partial charge in [0.1, 0.15) is 11.3 Å². The van der Waals surface area contributed by atoms with E-state index < -0.39 is 0 Å². The zero-order chi connectivity index (χ0) is 9.42. The summed E-state index contributed by atoms with van der Waals surface area (Å²) in [5.41, 5.74) is 1.71. The third kappa shape index (κ3) is 1.60. The largest absolute Gasteiger partial charge is 0.494 e. The third-order valence-electron chi connectivity index (χ3n) is 1.71. The topological polar surface area (TPSA) is 37.9 Å². The molecule has 1 aromatic carbocycles. The molecule has 2 rings (SSSR count). The molecule has 68 valence electrons. The van der Waals surface area contributed by atoms with Crippen LogP contribution in [0.15, 0.2) is 12.1 Å². The molecule has 1 aromatic heterocycles. The molecule has 0 atom stereocenters. The SMILES string of the molecule is COc1cc(Cl)cc2nc(I)[nH]c12. The van der Waals surface area contributed by atoms with Crippen LogP contribution in [0.1, 0.15) is 0 Å². The van der Waals surface area contributed by atoms with Crippen LogP contribution in [0.2, 0.25) is 5.02 Å². The first-order valence-electron chi connectivity index (χ1n) is 3.59. The van der Waals surface area contributed by atoms with Crippen molar-refractivity contribution in [2.45, 2.75) is 0 Å². The van der Waals surface area contributed by atoms with Gasteiger partial charge in [0.05, 0.1) is 12.6 Å². The fraction of sp³-hybridized carbons (Fsp3) is 0.125. The van der Waals surface area contributed by atoms with Gasteiger partial charge < -0.3 is 9.72 Å². The fourth-order valence-corrected chi connectivity index (χ4v) is 1.91. The summed E-state index contributed by atoms with van der Waals surface area (Å²) in [5, 5.41) is 0.632. The summed E-state index contributed by atoms with van der Waals surface area (Å²) >= 11 is 7.99. The van der Waals surface area contributed by atoms with Crippen LogP contribution in [-0.4, -0.2) is 17.1 Å². The van der Waals surface area contributed by atoms with Crippen LogP contribution in [0.4, 0.5) is 0 Å². The summed E-state index contributed by atoms with van der Waals surface area (Å²) in [6, 6.07) is 3.57. The van der Waals surface area contributed by atoms with Crippen molar-refractivity contribution in [3.63, 3.8) is 0 Å². The van der Waals surface area contributed by atoms with Crippen molar-refractivity contribution in [3.05, 3.63) is 21.0 Å². The molecule has 0 radical (unpaired) electrons. The number of rotatable bonds is 1. The number of aromatic nitrogens is 2. The van der Waals surface area contributed by atoms with Gasteiger partial charge in [-0.05, 0) is 28.7 Å². The molecule has 1 heterocycles.